The summed E-state index contributed by atoms with van der Waals surface area (Å²) < 4.78 is 16.2. The van der Waals surface area contributed by atoms with Gasteiger partial charge in [0.05, 0.1) is 7.11 Å². The fraction of sp³-hybridized carbons (Fsp3) is 0.188. The zero-order valence-electron chi connectivity index (χ0n) is 12.3. The van der Waals surface area contributed by atoms with E-state index in [0.717, 1.165) is 11.3 Å². The van der Waals surface area contributed by atoms with E-state index in [9.17, 15) is 0 Å². The highest BCUT2D eigenvalue weighted by molar-refractivity contribution is 5.52. The molecule has 0 fully saturated rings. The summed E-state index contributed by atoms with van der Waals surface area (Å²) in [7, 11) is 1.62. The van der Waals surface area contributed by atoms with Gasteiger partial charge in [-0.25, -0.2) is 0 Å². The van der Waals surface area contributed by atoms with Crippen molar-refractivity contribution in [3.05, 3.63) is 54.7 Å². The van der Waals surface area contributed by atoms with Gasteiger partial charge in [-0.1, -0.05) is 5.16 Å². The van der Waals surface area contributed by atoms with E-state index in [1.165, 1.54) is 0 Å². The fourth-order valence-corrected chi connectivity index (χ4v) is 1.93. The summed E-state index contributed by atoms with van der Waals surface area (Å²) >= 11 is 0. The van der Waals surface area contributed by atoms with Gasteiger partial charge >= 0.3 is 0 Å². The van der Waals surface area contributed by atoms with Gasteiger partial charge in [0, 0.05) is 18.0 Å². The predicted octanol–water partition coefficient (Wildman–Crippen LogP) is 3.28. The van der Waals surface area contributed by atoms with Crippen molar-refractivity contribution >= 4 is 0 Å². The van der Waals surface area contributed by atoms with Crippen LogP contribution in [0.25, 0.3) is 11.4 Å². The average molecular weight is 297 g/mol. The lowest BCUT2D eigenvalue weighted by molar-refractivity contribution is 0.175. The monoisotopic (exact) mass is 297 g/mol. The first kappa shape index (κ1) is 14.1. The summed E-state index contributed by atoms with van der Waals surface area (Å²) in [6.07, 6.45) is 3.02. The van der Waals surface area contributed by atoms with Gasteiger partial charge in [-0.15, -0.1) is 0 Å². The van der Waals surface area contributed by atoms with Gasteiger partial charge in [-0.3, -0.25) is 4.98 Å². The Balaban J connectivity index is 1.72. The van der Waals surface area contributed by atoms with Crippen LogP contribution in [0.5, 0.6) is 11.5 Å². The Morgan fingerprint density at radius 1 is 1.00 bits per heavy atom. The molecular weight excluding hydrogens is 282 g/mol. The number of benzene rings is 1. The number of aromatic nitrogens is 3. The minimum Gasteiger partial charge on any atom is -0.497 e. The highest BCUT2D eigenvalue weighted by Gasteiger charge is 2.16. The summed E-state index contributed by atoms with van der Waals surface area (Å²) in [5, 5.41) is 3.96. The molecule has 0 radical (unpaired) electrons. The Morgan fingerprint density at radius 2 is 1.68 bits per heavy atom. The van der Waals surface area contributed by atoms with Gasteiger partial charge in [0.1, 0.15) is 11.5 Å². The molecule has 1 aromatic carbocycles. The first-order chi connectivity index (χ1) is 10.8. The van der Waals surface area contributed by atoms with E-state index in [2.05, 4.69) is 15.1 Å². The van der Waals surface area contributed by atoms with Crippen LogP contribution < -0.4 is 9.47 Å². The standard InChI is InChI=1S/C16H15N3O3/c1-11(21-14-5-3-13(20-2)4-6-14)16-18-15(19-22-16)12-7-9-17-10-8-12/h3-11H,1-2H3/t11-/m1/s1. The molecule has 3 rings (SSSR count). The SMILES string of the molecule is COc1ccc(O[C@H](C)c2nc(-c3ccncc3)no2)cc1. The largest absolute Gasteiger partial charge is 0.497 e. The molecule has 0 unspecified atom stereocenters. The maximum atomic E-state index is 5.78. The van der Waals surface area contributed by atoms with E-state index in [0.29, 0.717) is 17.5 Å². The van der Waals surface area contributed by atoms with E-state index >= 15 is 0 Å². The summed E-state index contributed by atoms with van der Waals surface area (Å²) in [5.41, 5.74) is 0.849. The average Bonchev–Trinajstić information content (AvgIpc) is 3.06. The van der Waals surface area contributed by atoms with Crippen LogP contribution in [-0.4, -0.2) is 22.2 Å². The maximum absolute atomic E-state index is 5.78. The molecule has 1 atom stereocenters. The lowest BCUT2D eigenvalue weighted by Crippen LogP contribution is -2.03. The number of pyridine rings is 1. The Morgan fingerprint density at radius 3 is 2.36 bits per heavy atom. The topological polar surface area (TPSA) is 70.3 Å². The van der Waals surface area contributed by atoms with Crippen molar-refractivity contribution in [1.82, 2.24) is 15.1 Å². The minimum absolute atomic E-state index is 0.350. The van der Waals surface area contributed by atoms with Crippen molar-refractivity contribution < 1.29 is 14.0 Å². The number of rotatable bonds is 5. The molecule has 2 aromatic heterocycles. The minimum atomic E-state index is -0.350. The Labute approximate surface area is 127 Å². The van der Waals surface area contributed by atoms with E-state index in [1.807, 2.05) is 43.3 Å². The highest BCUT2D eigenvalue weighted by atomic mass is 16.5. The van der Waals surface area contributed by atoms with E-state index < -0.39 is 0 Å². The van der Waals surface area contributed by atoms with Gasteiger partial charge < -0.3 is 14.0 Å². The van der Waals surface area contributed by atoms with Gasteiger partial charge in [-0.2, -0.15) is 4.98 Å². The van der Waals surface area contributed by atoms with Crippen LogP contribution in [0.1, 0.15) is 18.9 Å². The zero-order chi connectivity index (χ0) is 15.4. The van der Waals surface area contributed by atoms with Crippen LogP contribution in [0.15, 0.2) is 53.3 Å². The molecule has 6 nitrogen and oxygen atoms in total. The smallest absolute Gasteiger partial charge is 0.267 e. The Kier molecular flexibility index (Phi) is 4.00. The van der Waals surface area contributed by atoms with Crippen LogP contribution in [-0.2, 0) is 0 Å². The molecule has 0 amide bonds. The van der Waals surface area contributed by atoms with Crippen LogP contribution in [0, 0.1) is 0 Å². The zero-order valence-corrected chi connectivity index (χ0v) is 12.3. The first-order valence-corrected chi connectivity index (χ1v) is 6.81. The summed E-state index contributed by atoms with van der Waals surface area (Å²) in [6.45, 7) is 1.86. The van der Waals surface area contributed by atoms with Crippen molar-refractivity contribution in [3.63, 3.8) is 0 Å². The highest BCUT2D eigenvalue weighted by Crippen LogP contribution is 2.24. The number of hydrogen-bond acceptors (Lipinski definition) is 6. The van der Waals surface area contributed by atoms with Crippen molar-refractivity contribution in [2.24, 2.45) is 0 Å². The summed E-state index contributed by atoms with van der Waals surface area (Å²) in [4.78, 5) is 8.32. The molecular formula is C16H15N3O3. The lowest BCUT2D eigenvalue weighted by atomic mass is 10.2. The molecule has 2 heterocycles. The molecule has 0 saturated carbocycles. The predicted molar refractivity (Wildman–Crippen MR) is 79.6 cm³/mol. The lowest BCUT2D eigenvalue weighted by Gasteiger charge is -2.10. The third-order valence-electron chi connectivity index (χ3n) is 3.10. The van der Waals surface area contributed by atoms with Crippen molar-refractivity contribution in [2.75, 3.05) is 7.11 Å². The molecule has 22 heavy (non-hydrogen) atoms. The molecule has 0 aliphatic rings. The second-order valence-electron chi connectivity index (χ2n) is 4.63. The second kappa shape index (κ2) is 6.26. The molecule has 0 saturated heterocycles. The molecule has 0 N–H and O–H groups in total. The number of hydrogen-bond donors (Lipinski definition) is 0. The molecule has 0 aliphatic carbocycles. The first-order valence-electron chi connectivity index (χ1n) is 6.81. The van der Waals surface area contributed by atoms with Gasteiger partial charge in [0.15, 0.2) is 6.10 Å². The Bertz CT molecular complexity index is 726. The molecule has 112 valence electrons. The van der Waals surface area contributed by atoms with E-state index in [1.54, 1.807) is 19.5 Å². The van der Waals surface area contributed by atoms with Crippen molar-refractivity contribution in [3.8, 4) is 22.9 Å². The number of nitrogens with zero attached hydrogens (tertiary/aromatic N) is 3. The van der Waals surface area contributed by atoms with Gasteiger partial charge in [0.25, 0.3) is 5.89 Å². The fourth-order valence-electron chi connectivity index (χ4n) is 1.93. The Hall–Kier alpha value is -2.89. The maximum Gasteiger partial charge on any atom is 0.267 e. The summed E-state index contributed by atoms with van der Waals surface area (Å²) in [5.74, 6) is 2.42. The molecule has 0 spiro atoms. The second-order valence-corrected chi connectivity index (χ2v) is 4.63. The number of ether oxygens (including phenoxy) is 2. The summed E-state index contributed by atoms with van der Waals surface area (Å²) in [6, 6.07) is 11.0. The quantitative estimate of drug-likeness (QED) is 0.719. The third kappa shape index (κ3) is 3.06. The molecule has 0 bridgehead atoms. The molecule has 0 aliphatic heterocycles. The molecule has 6 heteroatoms. The van der Waals surface area contributed by atoms with Crippen LogP contribution in [0.4, 0.5) is 0 Å². The normalized spacial score (nSPS) is 11.9. The van der Waals surface area contributed by atoms with Gasteiger partial charge in [-0.05, 0) is 43.3 Å². The molecule has 3 aromatic rings. The third-order valence-corrected chi connectivity index (χ3v) is 3.10. The van der Waals surface area contributed by atoms with E-state index in [-0.39, 0.29) is 6.10 Å². The van der Waals surface area contributed by atoms with Crippen LogP contribution in [0.3, 0.4) is 0 Å². The van der Waals surface area contributed by atoms with Crippen molar-refractivity contribution in [1.29, 1.82) is 0 Å². The van der Waals surface area contributed by atoms with Crippen molar-refractivity contribution in [2.45, 2.75) is 13.0 Å². The number of methoxy groups -OCH3 is 1. The van der Waals surface area contributed by atoms with Crippen LogP contribution >= 0.6 is 0 Å². The van der Waals surface area contributed by atoms with Gasteiger partial charge in [0.2, 0.25) is 5.82 Å². The van der Waals surface area contributed by atoms with E-state index in [4.69, 9.17) is 14.0 Å². The van der Waals surface area contributed by atoms with Crippen LogP contribution in [0.2, 0.25) is 0 Å².